The second-order valence-corrected chi connectivity index (χ2v) is 2.74. The average Bonchev–Trinajstić information content (AvgIpc) is 2.18. The maximum Gasteiger partial charge on any atom is 0.160 e. The lowest BCUT2D eigenvalue weighted by molar-refractivity contribution is 0.186. The van der Waals surface area contributed by atoms with E-state index in [1.54, 1.807) is 24.3 Å². The van der Waals surface area contributed by atoms with Crippen LogP contribution in [0.15, 0.2) is 30.3 Å². The summed E-state index contributed by atoms with van der Waals surface area (Å²) in [6.07, 6.45) is 0. The molecule has 3 heteroatoms. The minimum Gasteiger partial charge on any atom is -0.327 e. The zero-order valence-electron chi connectivity index (χ0n) is 6.83. The molecule has 1 rings (SSSR count). The van der Waals surface area contributed by atoms with Crippen LogP contribution >= 0.6 is 0 Å². The molecule has 0 aliphatic heterocycles. The highest BCUT2D eigenvalue weighted by Crippen LogP contribution is 2.22. The van der Waals surface area contributed by atoms with Crippen LogP contribution in [-0.4, -0.2) is 13.1 Å². The first-order chi connectivity index (χ1) is 5.73. The molecule has 4 N–H and O–H groups in total. The molecule has 0 aliphatic rings. The van der Waals surface area contributed by atoms with E-state index in [2.05, 4.69) is 0 Å². The lowest BCUT2D eigenvalue weighted by Gasteiger charge is -2.21. The Morgan fingerprint density at radius 1 is 1.08 bits per heavy atom. The highest BCUT2D eigenvalue weighted by atomic mass is 19.1. The SMILES string of the molecule is NCC(F)(CN)c1ccccc1. The normalized spacial score (nSPS) is 11.6. The van der Waals surface area contributed by atoms with Gasteiger partial charge in [-0.3, -0.25) is 0 Å². The third kappa shape index (κ3) is 1.62. The molecule has 0 spiro atoms. The lowest BCUT2D eigenvalue weighted by Crippen LogP contribution is -2.37. The predicted octanol–water partition coefficient (Wildman–Crippen LogP) is 0.769. The van der Waals surface area contributed by atoms with Crippen molar-refractivity contribution in [3.05, 3.63) is 35.9 Å². The predicted molar refractivity (Wildman–Crippen MR) is 47.3 cm³/mol. The summed E-state index contributed by atoms with van der Waals surface area (Å²) in [5.41, 5.74) is 9.57. The van der Waals surface area contributed by atoms with Crippen LogP contribution in [0.2, 0.25) is 0 Å². The molecule has 0 heterocycles. The Labute approximate surface area is 71.4 Å². The van der Waals surface area contributed by atoms with E-state index in [4.69, 9.17) is 11.5 Å². The van der Waals surface area contributed by atoms with E-state index in [0.29, 0.717) is 5.56 Å². The number of alkyl halides is 1. The minimum absolute atomic E-state index is 0.0759. The number of rotatable bonds is 3. The van der Waals surface area contributed by atoms with E-state index in [-0.39, 0.29) is 13.1 Å². The highest BCUT2D eigenvalue weighted by molar-refractivity contribution is 5.23. The number of halogens is 1. The van der Waals surface area contributed by atoms with Crippen LogP contribution < -0.4 is 11.5 Å². The zero-order chi connectivity index (χ0) is 9.03. The van der Waals surface area contributed by atoms with Gasteiger partial charge in [-0.25, -0.2) is 4.39 Å². The maximum atomic E-state index is 13.7. The quantitative estimate of drug-likeness (QED) is 0.700. The van der Waals surface area contributed by atoms with Crippen molar-refractivity contribution in [2.24, 2.45) is 11.5 Å². The van der Waals surface area contributed by atoms with Gasteiger partial charge in [-0.1, -0.05) is 30.3 Å². The maximum absolute atomic E-state index is 13.7. The first-order valence-electron chi connectivity index (χ1n) is 3.87. The molecule has 0 aromatic heterocycles. The van der Waals surface area contributed by atoms with Crippen LogP contribution in [0.25, 0.3) is 0 Å². The second kappa shape index (κ2) is 3.65. The summed E-state index contributed by atoms with van der Waals surface area (Å²) in [4.78, 5) is 0. The molecule has 0 unspecified atom stereocenters. The molecule has 12 heavy (non-hydrogen) atoms. The number of hydrogen-bond donors (Lipinski definition) is 2. The van der Waals surface area contributed by atoms with Gasteiger partial charge in [0.2, 0.25) is 0 Å². The molecule has 0 fully saturated rings. The molecular formula is C9H13FN2. The molecule has 2 nitrogen and oxygen atoms in total. The van der Waals surface area contributed by atoms with Gasteiger partial charge in [-0.2, -0.15) is 0 Å². The van der Waals surface area contributed by atoms with Gasteiger partial charge in [-0.15, -0.1) is 0 Å². The summed E-state index contributed by atoms with van der Waals surface area (Å²) in [6, 6.07) is 8.76. The van der Waals surface area contributed by atoms with Gasteiger partial charge >= 0.3 is 0 Å². The average molecular weight is 168 g/mol. The van der Waals surface area contributed by atoms with Gasteiger partial charge in [0.25, 0.3) is 0 Å². The first kappa shape index (κ1) is 9.16. The molecule has 0 bridgehead atoms. The minimum atomic E-state index is -1.57. The summed E-state index contributed by atoms with van der Waals surface area (Å²) < 4.78 is 13.7. The Hall–Kier alpha value is -0.930. The fraction of sp³-hybridized carbons (Fsp3) is 0.333. The molecule has 0 saturated heterocycles. The Balaban J connectivity index is 2.95. The van der Waals surface area contributed by atoms with Gasteiger partial charge in [0.15, 0.2) is 5.67 Å². The third-order valence-electron chi connectivity index (χ3n) is 1.94. The van der Waals surface area contributed by atoms with Gasteiger partial charge in [0, 0.05) is 13.1 Å². The summed E-state index contributed by atoms with van der Waals surface area (Å²) in [5, 5.41) is 0. The summed E-state index contributed by atoms with van der Waals surface area (Å²) in [5.74, 6) is 0. The summed E-state index contributed by atoms with van der Waals surface area (Å²) in [6.45, 7) is -0.152. The standard InChI is InChI=1S/C9H13FN2/c10-9(6-11,7-12)8-4-2-1-3-5-8/h1-5H,6-7,11-12H2. The van der Waals surface area contributed by atoms with Crippen molar-refractivity contribution in [3.63, 3.8) is 0 Å². The molecule has 0 aliphatic carbocycles. The largest absolute Gasteiger partial charge is 0.327 e. The second-order valence-electron chi connectivity index (χ2n) is 2.74. The van der Waals surface area contributed by atoms with E-state index in [1.165, 1.54) is 0 Å². The van der Waals surface area contributed by atoms with Crippen molar-refractivity contribution in [2.45, 2.75) is 5.67 Å². The zero-order valence-corrected chi connectivity index (χ0v) is 6.83. The molecule has 0 atom stereocenters. The Kier molecular flexibility index (Phi) is 2.78. The molecule has 0 saturated carbocycles. The van der Waals surface area contributed by atoms with E-state index in [9.17, 15) is 4.39 Å². The fourth-order valence-electron chi connectivity index (χ4n) is 1.06. The molecule has 66 valence electrons. The van der Waals surface area contributed by atoms with Crippen LogP contribution in [0.1, 0.15) is 5.56 Å². The first-order valence-corrected chi connectivity index (χ1v) is 3.87. The Morgan fingerprint density at radius 3 is 2.00 bits per heavy atom. The Morgan fingerprint density at radius 2 is 1.58 bits per heavy atom. The van der Waals surface area contributed by atoms with Gasteiger partial charge < -0.3 is 11.5 Å². The molecule has 1 aromatic carbocycles. The van der Waals surface area contributed by atoms with E-state index in [1.807, 2.05) is 6.07 Å². The lowest BCUT2D eigenvalue weighted by atomic mass is 9.96. The Bertz CT molecular complexity index is 232. The van der Waals surface area contributed by atoms with Crippen molar-refractivity contribution >= 4 is 0 Å². The molecule has 1 aromatic rings. The monoisotopic (exact) mass is 168 g/mol. The fourth-order valence-corrected chi connectivity index (χ4v) is 1.06. The number of benzene rings is 1. The van der Waals surface area contributed by atoms with E-state index in [0.717, 1.165) is 0 Å². The van der Waals surface area contributed by atoms with Crippen LogP contribution in [-0.2, 0) is 5.67 Å². The molecule has 0 amide bonds. The molecule has 0 radical (unpaired) electrons. The smallest absolute Gasteiger partial charge is 0.160 e. The number of hydrogen-bond acceptors (Lipinski definition) is 2. The summed E-state index contributed by atoms with van der Waals surface area (Å²) in [7, 11) is 0. The third-order valence-corrected chi connectivity index (χ3v) is 1.94. The van der Waals surface area contributed by atoms with Crippen molar-refractivity contribution in [3.8, 4) is 0 Å². The van der Waals surface area contributed by atoms with Crippen molar-refractivity contribution < 1.29 is 4.39 Å². The highest BCUT2D eigenvalue weighted by Gasteiger charge is 2.27. The van der Waals surface area contributed by atoms with Gasteiger partial charge in [-0.05, 0) is 5.56 Å². The van der Waals surface area contributed by atoms with Crippen molar-refractivity contribution in [1.82, 2.24) is 0 Å². The van der Waals surface area contributed by atoms with Crippen molar-refractivity contribution in [2.75, 3.05) is 13.1 Å². The van der Waals surface area contributed by atoms with Crippen LogP contribution in [0, 0.1) is 0 Å². The molecular weight excluding hydrogens is 155 g/mol. The van der Waals surface area contributed by atoms with Gasteiger partial charge in [0.05, 0.1) is 0 Å². The summed E-state index contributed by atoms with van der Waals surface area (Å²) >= 11 is 0. The van der Waals surface area contributed by atoms with Crippen LogP contribution in [0.3, 0.4) is 0 Å². The topological polar surface area (TPSA) is 52.0 Å². The number of nitrogens with two attached hydrogens (primary N) is 2. The van der Waals surface area contributed by atoms with Gasteiger partial charge in [0.1, 0.15) is 0 Å². The van der Waals surface area contributed by atoms with Crippen molar-refractivity contribution in [1.29, 1.82) is 0 Å². The van der Waals surface area contributed by atoms with Crippen LogP contribution in [0.4, 0.5) is 4.39 Å². The van der Waals surface area contributed by atoms with E-state index >= 15 is 0 Å². The van der Waals surface area contributed by atoms with E-state index < -0.39 is 5.67 Å². The van der Waals surface area contributed by atoms with Crippen LogP contribution in [0.5, 0.6) is 0 Å².